The molecule has 3 rings (SSSR count). The van der Waals surface area contributed by atoms with Crippen molar-refractivity contribution in [2.24, 2.45) is 0 Å². The third-order valence-electron chi connectivity index (χ3n) is 4.15. The van der Waals surface area contributed by atoms with Crippen LogP contribution in [-0.2, 0) is 6.18 Å². The lowest BCUT2D eigenvalue weighted by Gasteiger charge is -2.20. The minimum absolute atomic E-state index is 0.137. The summed E-state index contributed by atoms with van der Waals surface area (Å²) in [5.41, 5.74) is -1.23. The Morgan fingerprint density at radius 2 is 1.70 bits per heavy atom. The molecule has 0 saturated heterocycles. The van der Waals surface area contributed by atoms with Gasteiger partial charge < -0.3 is 10.4 Å². The van der Waals surface area contributed by atoms with Crippen LogP contribution in [0.3, 0.4) is 0 Å². The molecule has 1 unspecified atom stereocenters. The molecule has 2 N–H and O–H groups in total. The van der Waals surface area contributed by atoms with Gasteiger partial charge >= 0.3 is 12.1 Å². The number of aromatic carboxylic acids is 1. The topological polar surface area (TPSA) is 92.2 Å². The molecule has 1 aromatic carbocycles. The number of amides is 1. The lowest BCUT2D eigenvalue weighted by molar-refractivity contribution is -0.137. The first-order valence-corrected chi connectivity index (χ1v) is 8.44. The first-order chi connectivity index (χ1) is 14.2. The number of hydrogen-bond donors (Lipinski definition) is 2. The summed E-state index contributed by atoms with van der Waals surface area (Å²) in [5, 5.41) is 11.4. The Balaban J connectivity index is 1.95. The lowest BCUT2D eigenvalue weighted by Crippen LogP contribution is -2.31. The van der Waals surface area contributed by atoms with Gasteiger partial charge in [0.15, 0.2) is 0 Å². The molecule has 3 aromatic rings. The highest BCUT2D eigenvalue weighted by molar-refractivity contribution is 5.94. The van der Waals surface area contributed by atoms with E-state index >= 15 is 0 Å². The summed E-state index contributed by atoms with van der Waals surface area (Å²) in [6.07, 6.45) is -2.30. The van der Waals surface area contributed by atoms with Crippen molar-refractivity contribution in [2.45, 2.75) is 12.2 Å². The van der Waals surface area contributed by atoms with E-state index in [1.807, 2.05) is 0 Å². The second-order valence-electron chi connectivity index (χ2n) is 6.13. The van der Waals surface area contributed by atoms with Gasteiger partial charge in [-0.25, -0.2) is 9.18 Å². The van der Waals surface area contributed by atoms with Gasteiger partial charge in [0.2, 0.25) is 0 Å². The van der Waals surface area contributed by atoms with Crippen LogP contribution in [0.5, 0.6) is 0 Å². The van der Waals surface area contributed by atoms with E-state index < -0.39 is 35.5 Å². The van der Waals surface area contributed by atoms with Gasteiger partial charge in [-0.15, -0.1) is 0 Å². The quantitative estimate of drug-likeness (QED) is 0.613. The lowest BCUT2D eigenvalue weighted by atomic mass is 10.0. The number of nitrogens with zero attached hydrogens (tertiary/aromatic N) is 2. The molecule has 1 atom stereocenters. The van der Waals surface area contributed by atoms with Crippen LogP contribution in [-0.4, -0.2) is 27.0 Å². The summed E-state index contributed by atoms with van der Waals surface area (Å²) < 4.78 is 52.8. The highest BCUT2D eigenvalue weighted by Crippen LogP contribution is 2.31. The molecule has 10 heteroatoms. The van der Waals surface area contributed by atoms with Crippen molar-refractivity contribution in [2.75, 3.05) is 0 Å². The van der Waals surface area contributed by atoms with Crippen molar-refractivity contribution in [1.29, 1.82) is 0 Å². The van der Waals surface area contributed by atoms with E-state index in [-0.39, 0.29) is 22.5 Å². The van der Waals surface area contributed by atoms with Crippen LogP contribution in [0.1, 0.15) is 43.7 Å². The van der Waals surface area contributed by atoms with Gasteiger partial charge in [-0.3, -0.25) is 14.8 Å². The second kappa shape index (κ2) is 8.27. The average Bonchev–Trinajstić information content (AvgIpc) is 2.72. The van der Waals surface area contributed by atoms with E-state index in [0.717, 1.165) is 42.6 Å². The number of carboxylic acid groups (broad SMARTS) is 1. The Morgan fingerprint density at radius 1 is 1.00 bits per heavy atom. The third kappa shape index (κ3) is 4.59. The number of halogens is 4. The number of aromatic nitrogens is 2. The van der Waals surface area contributed by atoms with Gasteiger partial charge in [0, 0.05) is 12.4 Å². The van der Waals surface area contributed by atoms with Gasteiger partial charge in [-0.1, -0.05) is 12.1 Å². The van der Waals surface area contributed by atoms with Crippen molar-refractivity contribution in [1.82, 2.24) is 15.3 Å². The molecule has 2 heterocycles. The van der Waals surface area contributed by atoms with Gasteiger partial charge in [0.1, 0.15) is 17.2 Å². The normalized spacial score (nSPS) is 12.3. The summed E-state index contributed by atoms with van der Waals surface area (Å²) in [6, 6.07) is 7.41. The summed E-state index contributed by atoms with van der Waals surface area (Å²) >= 11 is 0. The minimum atomic E-state index is -4.55. The molecule has 0 spiro atoms. The van der Waals surface area contributed by atoms with E-state index in [1.54, 1.807) is 0 Å². The fourth-order valence-corrected chi connectivity index (χ4v) is 2.64. The zero-order chi connectivity index (χ0) is 21.9. The Kier molecular flexibility index (Phi) is 5.77. The highest BCUT2D eigenvalue weighted by Gasteiger charge is 2.31. The van der Waals surface area contributed by atoms with E-state index in [9.17, 15) is 27.2 Å². The third-order valence-corrected chi connectivity index (χ3v) is 4.15. The van der Waals surface area contributed by atoms with Crippen molar-refractivity contribution in [3.8, 4) is 0 Å². The molecular formula is C20H13F4N3O3. The molecule has 0 bridgehead atoms. The number of rotatable bonds is 5. The fraction of sp³-hybridized carbons (Fsp3) is 0.100. The maximum atomic E-state index is 14.3. The molecular weight excluding hydrogens is 406 g/mol. The Labute approximate surface area is 167 Å². The van der Waals surface area contributed by atoms with Gasteiger partial charge in [-0.2, -0.15) is 13.2 Å². The monoisotopic (exact) mass is 419 g/mol. The highest BCUT2D eigenvalue weighted by atomic mass is 19.4. The van der Waals surface area contributed by atoms with Crippen molar-refractivity contribution >= 4 is 11.9 Å². The molecule has 30 heavy (non-hydrogen) atoms. The molecule has 0 aliphatic heterocycles. The number of carbonyl (C=O) groups is 2. The van der Waals surface area contributed by atoms with E-state index in [0.29, 0.717) is 0 Å². The molecule has 154 valence electrons. The number of benzene rings is 1. The van der Waals surface area contributed by atoms with Crippen LogP contribution in [0, 0.1) is 5.82 Å². The molecule has 0 fully saturated rings. The number of pyridine rings is 2. The Bertz CT molecular complexity index is 1070. The molecule has 1 amide bonds. The predicted octanol–water partition coefficient (Wildman–Crippen LogP) is 3.85. The Hall–Kier alpha value is -3.82. The van der Waals surface area contributed by atoms with E-state index in [4.69, 9.17) is 5.11 Å². The Morgan fingerprint density at radius 3 is 2.23 bits per heavy atom. The summed E-state index contributed by atoms with van der Waals surface area (Å²) in [6.45, 7) is 0. The predicted molar refractivity (Wildman–Crippen MR) is 96.1 cm³/mol. The van der Waals surface area contributed by atoms with Crippen LogP contribution < -0.4 is 5.32 Å². The maximum absolute atomic E-state index is 14.3. The minimum Gasteiger partial charge on any atom is -0.478 e. The zero-order valence-corrected chi connectivity index (χ0v) is 15.0. The average molecular weight is 419 g/mol. The van der Waals surface area contributed by atoms with Crippen LogP contribution in [0.15, 0.2) is 60.9 Å². The number of carboxylic acids is 1. The van der Waals surface area contributed by atoms with Crippen LogP contribution >= 0.6 is 0 Å². The fourth-order valence-electron chi connectivity index (χ4n) is 2.64. The van der Waals surface area contributed by atoms with Crippen LogP contribution in [0.2, 0.25) is 0 Å². The first kappa shape index (κ1) is 20.9. The van der Waals surface area contributed by atoms with Gasteiger partial charge in [0.25, 0.3) is 5.91 Å². The molecule has 0 radical (unpaired) electrons. The smallest absolute Gasteiger partial charge is 0.416 e. The summed E-state index contributed by atoms with van der Waals surface area (Å²) in [7, 11) is 0. The molecule has 0 saturated carbocycles. The van der Waals surface area contributed by atoms with Crippen molar-refractivity contribution in [3.63, 3.8) is 0 Å². The number of carbonyl (C=O) groups excluding carboxylic acids is 1. The van der Waals surface area contributed by atoms with E-state index in [1.165, 1.54) is 18.3 Å². The number of alkyl halides is 3. The van der Waals surface area contributed by atoms with Gasteiger partial charge in [-0.05, 0) is 42.0 Å². The second-order valence-corrected chi connectivity index (χ2v) is 6.13. The van der Waals surface area contributed by atoms with Crippen LogP contribution in [0.25, 0.3) is 0 Å². The van der Waals surface area contributed by atoms with Gasteiger partial charge in [0.05, 0.1) is 17.2 Å². The largest absolute Gasteiger partial charge is 0.478 e. The summed E-state index contributed by atoms with van der Waals surface area (Å²) in [4.78, 5) is 31.1. The van der Waals surface area contributed by atoms with Crippen molar-refractivity contribution in [3.05, 3.63) is 94.8 Å². The standard InChI is InChI=1S/C20H13F4N3O3/c21-14-2-1-9-25-17(14)16(11-3-6-13(7-4-11)20(22,23)24)27-18(28)15-8-5-12(10-26-15)19(29)30/h1-10,16H,(H,27,28)(H,29,30). The molecule has 2 aromatic heterocycles. The van der Waals surface area contributed by atoms with Crippen molar-refractivity contribution < 1.29 is 32.3 Å². The maximum Gasteiger partial charge on any atom is 0.416 e. The number of hydrogen-bond acceptors (Lipinski definition) is 4. The van der Waals surface area contributed by atoms with Crippen LogP contribution in [0.4, 0.5) is 17.6 Å². The zero-order valence-electron chi connectivity index (χ0n) is 15.0. The van der Waals surface area contributed by atoms with E-state index in [2.05, 4.69) is 15.3 Å². The number of nitrogens with one attached hydrogen (secondary N) is 1. The summed E-state index contributed by atoms with van der Waals surface area (Å²) in [5.74, 6) is -2.79. The molecule has 6 nitrogen and oxygen atoms in total. The molecule has 0 aliphatic rings. The molecule has 0 aliphatic carbocycles. The SMILES string of the molecule is O=C(O)c1ccc(C(=O)NC(c2ccc(C(F)(F)F)cc2)c2ncccc2F)nc1. The first-order valence-electron chi connectivity index (χ1n) is 8.44.